The highest BCUT2D eigenvalue weighted by atomic mass is 19.1. The van der Waals surface area contributed by atoms with Crippen molar-refractivity contribution in [2.24, 2.45) is 0 Å². The maximum Gasteiger partial charge on any atom is 0.341 e. The minimum absolute atomic E-state index is 0.0251. The molecule has 2 aromatic rings. The lowest BCUT2D eigenvalue weighted by atomic mass is 10.1. The zero-order chi connectivity index (χ0) is 20.7. The molecule has 10 nitrogen and oxygen atoms in total. The molecule has 3 rings (SSSR count). The van der Waals surface area contributed by atoms with Crippen molar-refractivity contribution in [1.82, 2.24) is 4.57 Å². The highest BCUT2D eigenvalue weighted by Crippen LogP contribution is 2.42. The monoisotopic (exact) mass is 393 g/mol. The normalized spacial score (nSPS) is 14.6. The van der Waals surface area contributed by atoms with Crippen LogP contribution < -0.4 is 10.7 Å². The van der Waals surface area contributed by atoms with Gasteiger partial charge in [-0.3, -0.25) is 14.9 Å². The van der Waals surface area contributed by atoms with Gasteiger partial charge in [-0.05, 0) is 25.3 Å². The van der Waals surface area contributed by atoms with Crippen LogP contribution in [0.2, 0.25) is 0 Å². The lowest BCUT2D eigenvalue weighted by molar-refractivity contribution is -0.382. The summed E-state index contributed by atoms with van der Waals surface area (Å²) in [4.78, 5) is 46.0. The summed E-state index contributed by atoms with van der Waals surface area (Å²) in [6.45, 7) is 1.51. The molecule has 0 saturated heterocycles. The van der Waals surface area contributed by atoms with Gasteiger partial charge in [-0.1, -0.05) is 6.92 Å². The minimum atomic E-state index is -1.52. The van der Waals surface area contributed by atoms with Crippen LogP contribution >= 0.6 is 0 Å². The van der Waals surface area contributed by atoms with Gasteiger partial charge in [0.25, 0.3) is 0 Å². The fourth-order valence-electron chi connectivity index (χ4n) is 3.09. The predicted octanol–water partition coefficient (Wildman–Crippen LogP) is 2.36. The molecule has 0 spiro atoms. The largest absolute Gasteiger partial charge is 0.480 e. The van der Waals surface area contributed by atoms with Crippen molar-refractivity contribution in [3.63, 3.8) is 0 Å². The molecule has 1 heterocycles. The Bertz CT molecular complexity index is 1070. The van der Waals surface area contributed by atoms with Crippen LogP contribution in [0.3, 0.4) is 0 Å². The van der Waals surface area contributed by atoms with Gasteiger partial charge in [0.1, 0.15) is 17.1 Å². The number of benzene rings is 1. The van der Waals surface area contributed by atoms with Gasteiger partial charge in [-0.15, -0.1) is 0 Å². The summed E-state index contributed by atoms with van der Waals surface area (Å²) in [7, 11) is 0. The average Bonchev–Trinajstić information content (AvgIpc) is 3.44. The van der Waals surface area contributed by atoms with E-state index in [4.69, 9.17) is 0 Å². The number of carbonyl (C=O) groups is 2. The van der Waals surface area contributed by atoms with Crippen LogP contribution in [-0.4, -0.2) is 37.7 Å². The molecule has 28 heavy (non-hydrogen) atoms. The molecule has 0 bridgehead atoms. The molecule has 3 N–H and O–H groups in total. The molecule has 1 atom stereocenters. The Morgan fingerprint density at radius 3 is 2.54 bits per heavy atom. The second-order valence-corrected chi connectivity index (χ2v) is 6.49. The minimum Gasteiger partial charge on any atom is -0.480 e. The third-order valence-corrected chi connectivity index (χ3v) is 4.62. The van der Waals surface area contributed by atoms with Crippen molar-refractivity contribution in [1.29, 1.82) is 0 Å². The van der Waals surface area contributed by atoms with Crippen LogP contribution in [0.15, 0.2) is 17.1 Å². The Balaban J connectivity index is 2.41. The number of carboxylic acids is 2. The van der Waals surface area contributed by atoms with Gasteiger partial charge in [0, 0.05) is 12.2 Å². The van der Waals surface area contributed by atoms with Crippen LogP contribution in [0.1, 0.15) is 42.6 Å². The fourth-order valence-corrected chi connectivity index (χ4v) is 3.09. The van der Waals surface area contributed by atoms with Gasteiger partial charge < -0.3 is 20.1 Å². The highest BCUT2D eigenvalue weighted by molar-refractivity contribution is 5.99. The van der Waals surface area contributed by atoms with Crippen molar-refractivity contribution in [3.05, 3.63) is 44.0 Å². The topological polar surface area (TPSA) is 152 Å². The molecule has 0 aliphatic heterocycles. The van der Waals surface area contributed by atoms with Crippen LogP contribution in [0.25, 0.3) is 10.9 Å². The smallest absolute Gasteiger partial charge is 0.341 e. The number of nitrogens with one attached hydrogen (secondary N) is 1. The van der Waals surface area contributed by atoms with E-state index in [2.05, 4.69) is 5.32 Å². The molecule has 0 radical (unpaired) electrons. The molecule has 0 unspecified atom stereocenters. The van der Waals surface area contributed by atoms with Gasteiger partial charge in [0.05, 0.1) is 10.3 Å². The van der Waals surface area contributed by atoms with Gasteiger partial charge >= 0.3 is 17.6 Å². The van der Waals surface area contributed by atoms with Crippen LogP contribution in [0, 0.1) is 15.9 Å². The lowest BCUT2D eigenvalue weighted by Gasteiger charge is -2.18. The van der Waals surface area contributed by atoms with Crippen LogP contribution in [0.4, 0.5) is 15.8 Å². The standard InChI is InChI=1S/C17H16FN3O7/c1-2-11(17(25)26)19-12-10(18)5-8-13(14(12)21(27)28)20(7-3-4-7)6-9(15(8)22)16(23)24/h5-7,11,19H,2-4H2,1H3,(H,23,24)(H,25,26)/t11-/m0/s1. The van der Waals surface area contributed by atoms with E-state index in [9.17, 15) is 39.1 Å². The van der Waals surface area contributed by atoms with E-state index in [0.29, 0.717) is 18.9 Å². The van der Waals surface area contributed by atoms with E-state index >= 15 is 0 Å². The number of carboxylic acid groups (broad SMARTS) is 2. The Labute approximate surface area is 156 Å². The molecule has 1 aliphatic rings. The van der Waals surface area contributed by atoms with Crippen molar-refractivity contribution >= 4 is 34.2 Å². The number of aliphatic carboxylic acids is 1. The number of nitro groups is 1. The summed E-state index contributed by atoms with van der Waals surface area (Å²) in [6, 6.07) is -0.836. The Kier molecular flexibility index (Phi) is 4.75. The number of pyridine rings is 1. The number of nitro benzene ring substituents is 1. The first kappa shape index (κ1) is 19.3. The number of anilines is 1. The molecule has 1 aromatic carbocycles. The number of nitrogens with zero attached hydrogens (tertiary/aromatic N) is 2. The predicted molar refractivity (Wildman–Crippen MR) is 95.4 cm³/mol. The molecule has 11 heteroatoms. The van der Waals surface area contributed by atoms with E-state index in [1.165, 1.54) is 11.5 Å². The van der Waals surface area contributed by atoms with Gasteiger partial charge in [0.15, 0.2) is 11.5 Å². The van der Waals surface area contributed by atoms with Gasteiger partial charge in [0.2, 0.25) is 5.43 Å². The first-order chi connectivity index (χ1) is 13.2. The SMILES string of the molecule is CC[C@H](Nc1c(F)cc2c(=O)c(C(=O)O)cn(C3CC3)c2c1[N+](=O)[O-])C(=O)O. The lowest BCUT2D eigenvalue weighted by Crippen LogP contribution is -2.29. The van der Waals surface area contributed by atoms with E-state index in [0.717, 1.165) is 6.20 Å². The molecule has 148 valence electrons. The van der Waals surface area contributed by atoms with E-state index in [-0.39, 0.29) is 18.0 Å². The third-order valence-electron chi connectivity index (χ3n) is 4.62. The summed E-state index contributed by atoms with van der Waals surface area (Å²) in [6.07, 6.45) is 2.27. The zero-order valence-corrected chi connectivity index (χ0v) is 14.6. The Morgan fingerprint density at radius 2 is 2.07 bits per heavy atom. The number of rotatable bonds is 7. The molecule has 1 aliphatic carbocycles. The van der Waals surface area contributed by atoms with Gasteiger partial charge in [-0.25, -0.2) is 14.0 Å². The second kappa shape index (κ2) is 6.91. The summed E-state index contributed by atoms with van der Waals surface area (Å²) in [5, 5.41) is 32.1. The number of fused-ring (bicyclic) bond motifs is 1. The molecule has 1 aromatic heterocycles. The first-order valence-electron chi connectivity index (χ1n) is 8.45. The van der Waals surface area contributed by atoms with Crippen molar-refractivity contribution in [2.75, 3.05) is 5.32 Å². The number of hydrogen-bond acceptors (Lipinski definition) is 6. The first-order valence-corrected chi connectivity index (χ1v) is 8.45. The zero-order valence-electron chi connectivity index (χ0n) is 14.6. The third kappa shape index (κ3) is 3.15. The van der Waals surface area contributed by atoms with Crippen molar-refractivity contribution in [3.8, 4) is 0 Å². The molecule has 1 saturated carbocycles. The summed E-state index contributed by atoms with van der Waals surface area (Å²) in [5.41, 5.74) is -3.34. The molecular weight excluding hydrogens is 377 g/mol. The fraction of sp³-hybridized carbons (Fsp3) is 0.353. The number of aromatic nitrogens is 1. The van der Waals surface area contributed by atoms with Gasteiger partial charge in [-0.2, -0.15) is 0 Å². The average molecular weight is 393 g/mol. The van der Waals surface area contributed by atoms with Crippen molar-refractivity contribution in [2.45, 2.75) is 38.3 Å². The summed E-state index contributed by atoms with van der Waals surface area (Å²) in [5.74, 6) is -4.05. The van der Waals surface area contributed by atoms with Crippen molar-refractivity contribution < 1.29 is 29.1 Å². The van der Waals surface area contributed by atoms with Crippen LogP contribution in [-0.2, 0) is 4.79 Å². The maximum absolute atomic E-state index is 14.7. The van der Waals surface area contributed by atoms with E-state index in [1.54, 1.807) is 0 Å². The van der Waals surface area contributed by atoms with E-state index < -0.39 is 56.5 Å². The van der Waals surface area contributed by atoms with E-state index in [1.807, 2.05) is 0 Å². The molecular formula is C17H16FN3O7. The summed E-state index contributed by atoms with van der Waals surface area (Å²) < 4.78 is 16.0. The molecule has 0 amide bonds. The molecule has 1 fully saturated rings. The Hall–Kier alpha value is -3.50. The maximum atomic E-state index is 14.7. The van der Waals surface area contributed by atoms with Crippen LogP contribution in [0.5, 0.6) is 0 Å². The number of halogens is 1. The Morgan fingerprint density at radius 1 is 1.43 bits per heavy atom. The quantitative estimate of drug-likeness (QED) is 0.479. The number of aromatic carboxylic acids is 1. The highest BCUT2D eigenvalue weighted by Gasteiger charge is 2.34. The second-order valence-electron chi connectivity index (χ2n) is 6.49. The number of hydrogen-bond donors (Lipinski definition) is 3. The summed E-state index contributed by atoms with van der Waals surface area (Å²) >= 11 is 0.